The molecule has 110 valence electrons. The molecular formula is C17H26N2O. The lowest BCUT2D eigenvalue weighted by Crippen LogP contribution is -2.59. The Morgan fingerprint density at radius 3 is 2.80 bits per heavy atom. The number of ether oxygens (including phenoxy) is 1. The van der Waals surface area contributed by atoms with Gasteiger partial charge in [0.25, 0.3) is 0 Å². The highest BCUT2D eigenvalue weighted by molar-refractivity contribution is 5.57. The number of nitrogens with zero attached hydrogens (tertiary/aromatic N) is 1. The van der Waals surface area contributed by atoms with Gasteiger partial charge in [0.1, 0.15) is 0 Å². The maximum atomic E-state index is 6.25. The van der Waals surface area contributed by atoms with Crippen LogP contribution >= 0.6 is 0 Å². The molecule has 0 bridgehead atoms. The minimum atomic E-state index is -0.00477. The number of fused-ring (bicyclic) bond motifs is 1. The zero-order valence-corrected chi connectivity index (χ0v) is 12.5. The van der Waals surface area contributed by atoms with E-state index in [-0.39, 0.29) is 5.54 Å². The van der Waals surface area contributed by atoms with E-state index in [2.05, 4.69) is 29.2 Å². The van der Waals surface area contributed by atoms with Crippen LogP contribution in [-0.2, 0) is 11.2 Å². The molecule has 20 heavy (non-hydrogen) atoms. The lowest BCUT2D eigenvalue weighted by molar-refractivity contribution is 0.117. The molecule has 3 heteroatoms. The van der Waals surface area contributed by atoms with Crippen LogP contribution < -0.4 is 10.6 Å². The number of methoxy groups -OCH3 is 1. The maximum Gasteiger partial charge on any atom is 0.0784 e. The Hall–Kier alpha value is -1.06. The van der Waals surface area contributed by atoms with Crippen molar-refractivity contribution in [1.82, 2.24) is 0 Å². The Balaban J connectivity index is 2.01. The van der Waals surface area contributed by atoms with Gasteiger partial charge in [-0.3, -0.25) is 0 Å². The number of para-hydroxylation sites is 1. The number of nitrogens with two attached hydrogens (primary N) is 1. The van der Waals surface area contributed by atoms with Gasteiger partial charge in [0.2, 0.25) is 0 Å². The van der Waals surface area contributed by atoms with Crippen molar-refractivity contribution in [2.24, 2.45) is 11.7 Å². The van der Waals surface area contributed by atoms with Gasteiger partial charge in [0.15, 0.2) is 0 Å². The number of hydrogen-bond donors (Lipinski definition) is 1. The third kappa shape index (κ3) is 2.33. The Morgan fingerprint density at radius 1 is 1.30 bits per heavy atom. The molecule has 1 aliphatic carbocycles. The fraction of sp³-hybridized carbons (Fsp3) is 0.647. The Morgan fingerprint density at radius 2 is 2.10 bits per heavy atom. The van der Waals surface area contributed by atoms with Crippen molar-refractivity contribution in [3.05, 3.63) is 29.8 Å². The van der Waals surface area contributed by atoms with Gasteiger partial charge in [-0.2, -0.15) is 0 Å². The van der Waals surface area contributed by atoms with E-state index < -0.39 is 0 Å². The van der Waals surface area contributed by atoms with Crippen LogP contribution in [0.15, 0.2) is 24.3 Å². The SMILES string of the molecule is COCC(CN)(C1CC1)N1CCCCc2ccccc21. The van der Waals surface area contributed by atoms with E-state index in [1.807, 2.05) is 0 Å². The predicted molar refractivity (Wildman–Crippen MR) is 83.1 cm³/mol. The van der Waals surface area contributed by atoms with Gasteiger partial charge in [0.05, 0.1) is 12.1 Å². The monoisotopic (exact) mass is 274 g/mol. The summed E-state index contributed by atoms with van der Waals surface area (Å²) in [5, 5.41) is 0. The molecule has 3 rings (SSSR count). The van der Waals surface area contributed by atoms with Crippen molar-refractivity contribution in [2.75, 3.05) is 31.7 Å². The van der Waals surface area contributed by atoms with E-state index in [0.717, 1.165) is 13.2 Å². The van der Waals surface area contributed by atoms with Crippen LogP contribution in [0, 0.1) is 5.92 Å². The van der Waals surface area contributed by atoms with Crippen LogP contribution in [0.5, 0.6) is 0 Å². The minimum Gasteiger partial charge on any atom is -0.382 e. The molecule has 2 aliphatic rings. The molecule has 1 aromatic rings. The number of aryl methyl sites for hydroxylation is 1. The zero-order valence-electron chi connectivity index (χ0n) is 12.5. The van der Waals surface area contributed by atoms with Crippen LogP contribution in [0.3, 0.4) is 0 Å². The summed E-state index contributed by atoms with van der Waals surface area (Å²) in [5.74, 6) is 0.693. The summed E-state index contributed by atoms with van der Waals surface area (Å²) in [6.07, 6.45) is 6.28. The lowest BCUT2D eigenvalue weighted by atomic mass is 9.90. The van der Waals surface area contributed by atoms with Crippen molar-refractivity contribution in [2.45, 2.75) is 37.6 Å². The smallest absolute Gasteiger partial charge is 0.0784 e. The van der Waals surface area contributed by atoms with Crippen molar-refractivity contribution in [1.29, 1.82) is 0 Å². The topological polar surface area (TPSA) is 38.5 Å². The summed E-state index contributed by atoms with van der Waals surface area (Å²) in [5.41, 5.74) is 9.11. The van der Waals surface area contributed by atoms with Crippen LogP contribution in [-0.4, -0.2) is 32.3 Å². The molecule has 1 aromatic carbocycles. The second-order valence-electron chi connectivity index (χ2n) is 6.25. The van der Waals surface area contributed by atoms with Crippen LogP contribution in [0.25, 0.3) is 0 Å². The largest absolute Gasteiger partial charge is 0.382 e. The summed E-state index contributed by atoms with van der Waals surface area (Å²) in [4.78, 5) is 2.58. The molecule has 1 fully saturated rings. The van der Waals surface area contributed by atoms with Gasteiger partial charge in [0, 0.05) is 25.9 Å². The first-order chi connectivity index (χ1) is 9.81. The highest BCUT2D eigenvalue weighted by atomic mass is 16.5. The quantitative estimate of drug-likeness (QED) is 0.897. The fourth-order valence-electron chi connectivity index (χ4n) is 3.78. The van der Waals surface area contributed by atoms with E-state index in [1.165, 1.54) is 43.4 Å². The van der Waals surface area contributed by atoms with E-state index in [0.29, 0.717) is 12.5 Å². The van der Waals surface area contributed by atoms with Gasteiger partial charge in [-0.25, -0.2) is 0 Å². The van der Waals surface area contributed by atoms with Gasteiger partial charge >= 0.3 is 0 Å². The Bertz CT molecular complexity index is 458. The average molecular weight is 274 g/mol. The normalized spacial score (nSPS) is 22.0. The van der Waals surface area contributed by atoms with E-state index in [1.54, 1.807) is 7.11 Å². The molecule has 0 saturated heterocycles. The molecule has 1 unspecified atom stereocenters. The van der Waals surface area contributed by atoms with Crippen LogP contribution in [0.1, 0.15) is 31.2 Å². The van der Waals surface area contributed by atoms with Gasteiger partial charge in [-0.1, -0.05) is 18.2 Å². The highest BCUT2D eigenvalue weighted by Crippen LogP contribution is 2.46. The zero-order chi connectivity index (χ0) is 14.0. The number of anilines is 1. The maximum absolute atomic E-state index is 6.25. The summed E-state index contributed by atoms with van der Waals surface area (Å²) < 4.78 is 5.59. The van der Waals surface area contributed by atoms with E-state index >= 15 is 0 Å². The number of rotatable bonds is 5. The minimum absolute atomic E-state index is 0.00477. The summed E-state index contributed by atoms with van der Waals surface area (Å²) >= 11 is 0. The Labute approximate surface area is 122 Å². The summed E-state index contributed by atoms with van der Waals surface area (Å²) in [6, 6.07) is 8.84. The first-order valence-corrected chi connectivity index (χ1v) is 7.86. The van der Waals surface area contributed by atoms with Crippen molar-refractivity contribution in [3.8, 4) is 0 Å². The average Bonchev–Trinajstić information content (AvgIpc) is 3.31. The molecule has 1 heterocycles. The fourth-order valence-corrected chi connectivity index (χ4v) is 3.78. The molecule has 3 nitrogen and oxygen atoms in total. The standard InChI is InChI=1S/C17H26N2O/c1-20-13-17(12-18,15-9-10-15)19-11-5-4-7-14-6-2-3-8-16(14)19/h2-3,6,8,15H,4-5,7,9-13,18H2,1H3. The van der Waals surface area contributed by atoms with Crippen molar-refractivity contribution < 1.29 is 4.74 Å². The first-order valence-electron chi connectivity index (χ1n) is 7.86. The van der Waals surface area contributed by atoms with Gasteiger partial charge < -0.3 is 15.4 Å². The second-order valence-corrected chi connectivity index (χ2v) is 6.25. The van der Waals surface area contributed by atoms with Crippen LogP contribution in [0.4, 0.5) is 5.69 Å². The van der Waals surface area contributed by atoms with Crippen molar-refractivity contribution >= 4 is 5.69 Å². The highest BCUT2D eigenvalue weighted by Gasteiger charge is 2.49. The van der Waals surface area contributed by atoms with E-state index in [9.17, 15) is 0 Å². The molecule has 0 radical (unpaired) electrons. The third-order valence-corrected chi connectivity index (χ3v) is 4.98. The molecular weight excluding hydrogens is 248 g/mol. The molecule has 1 atom stereocenters. The van der Waals surface area contributed by atoms with Gasteiger partial charge in [-0.05, 0) is 49.7 Å². The predicted octanol–water partition coefficient (Wildman–Crippen LogP) is 2.58. The molecule has 1 aliphatic heterocycles. The summed E-state index contributed by atoms with van der Waals surface area (Å²) in [6.45, 7) is 2.52. The molecule has 0 spiro atoms. The lowest BCUT2D eigenvalue weighted by Gasteiger charge is -2.45. The van der Waals surface area contributed by atoms with Gasteiger partial charge in [-0.15, -0.1) is 0 Å². The number of hydrogen-bond acceptors (Lipinski definition) is 3. The molecule has 0 aromatic heterocycles. The second kappa shape index (κ2) is 5.74. The Kier molecular flexibility index (Phi) is 3.99. The van der Waals surface area contributed by atoms with E-state index in [4.69, 9.17) is 10.5 Å². The molecule has 1 saturated carbocycles. The third-order valence-electron chi connectivity index (χ3n) is 4.98. The number of benzene rings is 1. The summed E-state index contributed by atoms with van der Waals surface area (Å²) in [7, 11) is 1.80. The van der Waals surface area contributed by atoms with Crippen LogP contribution in [0.2, 0.25) is 0 Å². The van der Waals surface area contributed by atoms with Crippen molar-refractivity contribution in [3.63, 3.8) is 0 Å². The molecule has 0 amide bonds. The molecule has 2 N–H and O–H groups in total. The first kappa shape index (κ1) is 13.9.